The van der Waals surface area contributed by atoms with Gasteiger partial charge in [0.15, 0.2) is 0 Å². The van der Waals surface area contributed by atoms with Crippen LogP contribution in [0.15, 0.2) is 12.1 Å². The highest BCUT2D eigenvalue weighted by atomic mass is 79.9. The topological polar surface area (TPSA) is 72.2 Å². The maximum Gasteiger partial charge on any atom is 0.308 e. The van der Waals surface area contributed by atoms with Crippen LogP contribution in [0.25, 0.3) is 0 Å². The van der Waals surface area contributed by atoms with Crippen LogP contribution in [0.4, 0.5) is 14.5 Å². The third-order valence-corrected chi connectivity index (χ3v) is 4.02. The molecule has 1 unspecified atom stereocenters. The molecular weight excluding hydrogens is 338 g/mol. The Hall–Kier alpha value is -1.57. The summed E-state index contributed by atoms with van der Waals surface area (Å²) in [5.41, 5.74) is -1.74. The van der Waals surface area contributed by atoms with Gasteiger partial charge in [-0.1, -0.05) is 29.8 Å². The molecule has 0 aromatic heterocycles. The van der Waals surface area contributed by atoms with Crippen LogP contribution >= 0.6 is 15.9 Å². The summed E-state index contributed by atoms with van der Waals surface area (Å²) in [4.78, 5) is 21.2. The molecule has 0 saturated heterocycles. The van der Waals surface area contributed by atoms with E-state index in [1.807, 2.05) is 13.8 Å². The van der Waals surface area contributed by atoms with Gasteiger partial charge in [0.05, 0.1) is 16.6 Å². The Morgan fingerprint density at radius 1 is 1.45 bits per heavy atom. The summed E-state index contributed by atoms with van der Waals surface area (Å²) in [6.07, 6.45) is 0. The van der Waals surface area contributed by atoms with E-state index in [0.717, 1.165) is 0 Å². The summed E-state index contributed by atoms with van der Waals surface area (Å²) in [6, 6.07) is 1.07. The van der Waals surface area contributed by atoms with Crippen LogP contribution in [-0.2, 0) is 0 Å². The van der Waals surface area contributed by atoms with E-state index in [-0.39, 0.29) is 17.3 Å². The number of benzene rings is 1. The maximum atomic E-state index is 13.8. The first-order chi connectivity index (χ1) is 9.23. The first-order valence-electron chi connectivity index (χ1n) is 5.79. The largest absolute Gasteiger partial charge is 0.351 e. The standard InChI is InChI=1S/C12H13BrF2N2O3/c1-6(2)9(13)5-16-12(18)8-3-7(14)4-10(11(8)15)17(19)20/h3-4,6,9H,5H2,1-2H3,(H,16,18). The van der Waals surface area contributed by atoms with Gasteiger partial charge in [0, 0.05) is 11.4 Å². The quantitative estimate of drug-likeness (QED) is 0.504. The fourth-order valence-corrected chi connectivity index (χ4v) is 1.56. The molecule has 0 spiro atoms. The predicted molar refractivity (Wildman–Crippen MR) is 72.9 cm³/mol. The van der Waals surface area contributed by atoms with E-state index >= 15 is 0 Å². The van der Waals surface area contributed by atoms with Gasteiger partial charge < -0.3 is 5.32 Å². The number of amides is 1. The van der Waals surface area contributed by atoms with Gasteiger partial charge in [0.1, 0.15) is 5.82 Å². The fraction of sp³-hybridized carbons (Fsp3) is 0.417. The highest BCUT2D eigenvalue weighted by molar-refractivity contribution is 9.09. The highest BCUT2D eigenvalue weighted by Gasteiger charge is 2.24. The lowest BCUT2D eigenvalue weighted by atomic mass is 10.1. The maximum absolute atomic E-state index is 13.8. The minimum atomic E-state index is -1.34. The number of nitrogens with one attached hydrogen (secondary N) is 1. The van der Waals surface area contributed by atoms with Crippen molar-refractivity contribution < 1.29 is 18.5 Å². The van der Waals surface area contributed by atoms with Gasteiger partial charge in [-0.15, -0.1) is 0 Å². The third kappa shape index (κ3) is 3.96. The zero-order chi connectivity index (χ0) is 15.4. The molecule has 110 valence electrons. The smallest absolute Gasteiger partial charge is 0.308 e. The Morgan fingerprint density at radius 2 is 2.05 bits per heavy atom. The predicted octanol–water partition coefficient (Wildman–Crippen LogP) is 3.02. The Labute approximate surface area is 122 Å². The van der Waals surface area contributed by atoms with E-state index in [4.69, 9.17) is 0 Å². The monoisotopic (exact) mass is 350 g/mol. The molecule has 1 rings (SSSR count). The molecule has 0 heterocycles. The number of halogens is 3. The first-order valence-corrected chi connectivity index (χ1v) is 6.71. The number of hydrogen-bond donors (Lipinski definition) is 1. The van der Waals surface area contributed by atoms with Gasteiger partial charge in [-0.2, -0.15) is 4.39 Å². The second-order valence-electron chi connectivity index (χ2n) is 4.51. The van der Waals surface area contributed by atoms with E-state index in [0.29, 0.717) is 12.1 Å². The van der Waals surface area contributed by atoms with Gasteiger partial charge in [0.25, 0.3) is 5.91 Å². The summed E-state index contributed by atoms with van der Waals surface area (Å²) in [7, 11) is 0. The van der Waals surface area contributed by atoms with Gasteiger partial charge >= 0.3 is 5.69 Å². The normalized spacial score (nSPS) is 12.3. The van der Waals surface area contributed by atoms with Gasteiger partial charge in [-0.05, 0) is 12.0 Å². The van der Waals surface area contributed by atoms with Crippen LogP contribution in [0.5, 0.6) is 0 Å². The SMILES string of the molecule is CC(C)C(Br)CNC(=O)c1cc(F)cc([N+](=O)[O-])c1F. The highest BCUT2D eigenvalue weighted by Crippen LogP contribution is 2.22. The Balaban J connectivity index is 2.96. The molecule has 5 nitrogen and oxygen atoms in total. The zero-order valence-corrected chi connectivity index (χ0v) is 12.4. The van der Waals surface area contributed by atoms with E-state index in [1.165, 1.54) is 0 Å². The summed E-state index contributed by atoms with van der Waals surface area (Å²) < 4.78 is 27.0. The number of rotatable bonds is 5. The van der Waals surface area contributed by atoms with E-state index in [9.17, 15) is 23.7 Å². The van der Waals surface area contributed by atoms with Gasteiger partial charge in [-0.3, -0.25) is 14.9 Å². The minimum absolute atomic E-state index is 0.0435. The number of nitrogens with zero attached hydrogens (tertiary/aromatic N) is 1. The van der Waals surface area contributed by atoms with Gasteiger partial charge in [-0.25, -0.2) is 4.39 Å². The molecule has 0 aliphatic heterocycles. The summed E-state index contributed by atoms with van der Waals surface area (Å²) >= 11 is 3.32. The van der Waals surface area contributed by atoms with E-state index < -0.39 is 33.7 Å². The van der Waals surface area contributed by atoms with Crippen LogP contribution < -0.4 is 5.32 Å². The lowest BCUT2D eigenvalue weighted by Gasteiger charge is -2.14. The second kappa shape index (κ2) is 6.74. The molecule has 1 N–H and O–H groups in total. The van der Waals surface area contributed by atoms with Gasteiger partial charge in [0.2, 0.25) is 5.82 Å². The molecule has 0 radical (unpaired) electrons. The summed E-state index contributed by atoms with van der Waals surface area (Å²) in [6.45, 7) is 4.03. The molecule has 8 heteroatoms. The average molecular weight is 351 g/mol. The van der Waals surface area contributed by atoms with Crippen molar-refractivity contribution in [3.63, 3.8) is 0 Å². The van der Waals surface area contributed by atoms with Crippen molar-refractivity contribution in [3.8, 4) is 0 Å². The number of carbonyl (C=O) groups is 1. The number of hydrogen-bond acceptors (Lipinski definition) is 3. The van der Waals surface area contributed by atoms with Crippen LogP contribution in [-0.4, -0.2) is 22.2 Å². The Kier molecular flexibility index (Phi) is 5.55. The molecule has 0 saturated carbocycles. The molecule has 1 amide bonds. The molecule has 1 atom stereocenters. The number of nitro groups is 1. The van der Waals surface area contributed by atoms with Crippen LogP contribution in [0, 0.1) is 27.7 Å². The van der Waals surface area contributed by atoms with Crippen molar-refractivity contribution >= 4 is 27.5 Å². The number of alkyl halides is 1. The lowest BCUT2D eigenvalue weighted by Crippen LogP contribution is -2.32. The molecule has 0 bridgehead atoms. The summed E-state index contributed by atoms with van der Waals surface area (Å²) in [5.74, 6) is -3.05. The molecule has 1 aromatic carbocycles. The Bertz CT molecular complexity index is 538. The molecule has 0 aliphatic rings. The van der Waals surface area contributed by atoms with Crippen LogP contribution in [0.1, 0.15) is 24.2 Å². The zero-order valence-electron chi connectivity index (χ0n) is 10.8. The van der Waals surface area contributed by atoms with Crippen molar-refractivity contribution in [2.24, 2.45) is 5.92 Å². The fourth-order valence-electron chi connectivity index (χ4n) is 1.39. The Morgan fingerprint density at radius 3 is 2.55 bits per heavy atom. The number of carbonyl (C=O) groups excluding carboxylic acids is 1. The van der Waals surface area contributed by atoms with E-state index in [1.54, 1.807) is 0 Å². The van der Waals surface area contributed by atoms with Crippen molar-refractivity contribution in [1.82, 2.24) is 5.32 Å². The van der Waals surface area contributed by atoms with Crippen LogP contribution in [0.3, 0.4) is 0 Å². The van der Waals surface area contributed by atoms with Crippen molar-refractivity contribution in [2.45, 2.75) is 18.7 Å². The first kappa shape index (κ1) is 16.5. The van der Waals surface area contributed by atoms with Crippen molar-refractivity contribution in [2.75, 3.05) is 6.54 Å². The molecule has 0 aliphatic carbocycles. The molecule has 1 aromatic rings. The number of nitro benzene ring substituents is 1. The van der Waals surface area contributed by atoms with Crippen LogP contribution in [0.2, 0.25) is 0 Å². The third-order valence-electron chi connectivity index (χ3n) is 2.64. The summed E-state index contributed by atoms with van der Waals surface area (Å²) in [5, 5.41) is 13.0. The second-order valence-corrected chi connectivity index (χ2v) is 5.69. The average Bonchev–Trinajstić information content (AvgIpc) is 2.37. The molecular formula is C12H13BrF2N2O3. The minimum Gasteiger partial charge on any atom is -0.351 e. The molecule has 0 fully saturated rings. The van der Waals surface area contributed by atoms with Crippen molar-refractivity contribution in [3.05, 3.63) is 39.4 Å². The molecule has 20 heavy (non-hydrogen) atoms. The van der Waals surface area contributed by atoms with E-state index in [2.05, 4.69) is 21.2 Å². The lowest BCUT2D eigenvalue weighted by molar-refractivity contribution is -0.387. The van der Waals surface area contributed by atoms with Crippen molar-refractivity contribution in [1.29, 1.82) is 0 Å².